The maximum absolute atomic E-state index is 12.4. The van der Waals surface area contributed by atoms with Crippen LogP contribution in [0.15, 0.2) is 24.3 Å². The molecule has 1 saturated carbocycles. The van der Waals surface area contributed by atoms with Gasteiger partial charge in [0.1, 0.15) is 5.75 Å². The Balaban J connectivity index is 1.87. The van der Waals surface area contributed by atoms with E-state index in [4.69, 9.17) is 4.74 Å². The van der Waals surface area contributed by atoms with Gasteiger partial charge in [0.05, 0.1) is 12.8 Å². The first-order valence-electron chi connectivity index (χ1n) is 7.13. The van der Waals surface area contributed by atoms with Gasteiger partial charge in [0.15, 0.2) is 0 Å². The molecule has 0 aromatic heterocycles. The van der Waals surface area contributed by atoms with Gasteiger partial charge in [-0.25, -0.2) is 0 Å². The highest BCUT2D eigenvalue weighted by atomic mass is 16.5. The molecule has 0 atom stereocenters. The van der Waals surface area contributed by atoms with E-state index in [0.29, 0.717) is 24.3 Å². The van der Waals surface area contributed by atoms with E-state index < -0.39 is 0 Å². The van der Waals surface area contributed by atoms with Crippen molar-refractivity contribution < 1.29 is 14.3 Å². The summed E-state index contributed by atoms with van der Waals surface area (Å²) in [5.74, 6) is 0.511. The molecule has 1 aliphatic carbocycles. The summed E-state index contributed by atoms with van der Waals surface area (Å²) in [5, 5.41) is 0. The zero-order chi connectivity index (χ0) is 14.2. The third-order valence-electron chi connectivity index (χ3n) is 4.53. The van der Waals surface area contributed by atoms with Crippen LogP contribution in [0.4, 0.5) is 5.69 Å². The molecule has 3 rings (SSSR count). The molecule has 1 heterocycles. The molecule has 4 nitrogen and oxygen atoms in total. The molecule has 2 fully saturated rings. The fourth-order valence-corrected chi connectivity index (χ4v) is 3.52. The van der Waals surface area contributed by atoms with Crippen LogP contribution < -0.4 is 9.64 Å². The highest BCUT2D eigenvalue weighted by Gasteiger charge is 2.45. The number of hydrogen-bond acceptors (Lipinski definition) is 3. The quantitative estimate of drug-likeness (QED) is 0.778. The van der Waals surface area contributed by atoms with Crippen LogP contribution in [0.1, 0.15) is 38.5 Å². The lowest BCUT2D eigenvalue weighted by molar-refractivity contribution is -0.133. The van der Waals surface area contributed by atoms with Crippen LogP contribution in [0.2, 0.25) is 0 Å². The molecule has 1 aliphatic heterocycles. The lowest BCUT2D eigenvalue weighted by Gasteiger charge is -2.37. The minimum absolute atomic E-state index is 0.0521. The van der Waals surface area contributed by atoms with Crippen LogP contribution in [0.25, 0.3) is 0 Å². The van der Waals surface area contributed by atoms with Crippen molar-refractivity contribution in [1.29, 1.82) is 0 Å². The zero-order valence-electron chi connectivity index (χ0n) is 11.7. The van der Waals surface area contributed by atoms with Crippen molar-refractivity contribution in [2.24, 2.45) is 5.41 Å². The van der Waals surface area contributed by atoms with Crippen LogP contribution in [-0.2, 0) is 9.59 Å². The van der Waals surface area contributed by atoms with Crippen molar-refractivity contribution in [3.05, 3.63) is 24.3 Å². The summed E-state index contributed by atoms with van der Waals surface area (Å²) in [6.07, 6.45) is 5.29. The second-order valence-electron chi connectivity index (χ2n) is 5.89. The number of imide groups is 1. The fraction of sp³-hybridized carbons (Fsp3) is 0.500. The number of hydrogen-bond donors (Lipinski definition) is 0. The molecule has 2 aliphatic rings. The molecule has 1 spiro atoms. The second-order valence-corrected chi connectivity index (χ2v) is 5.89. The molecule has 4 heteroatoms. The van der Waals surface area contributed by atoms with Crippen molar-refractivity contribution in [1.82, 2.24) is 0 Å². The number of carbonyl (C=O) groups is 2. The highest BCUT2D eigenvalue weighted by Crippen LogP contribution is 2.47. The van der Waals surface area contributed by atoms with Gasteiger partial charge in [0, 0.05) is 18.9 Å². The third-order valence-corrected chi connectivity index (χ3v) is 4.53. The van der Waals surface area contributed by atoms with E-state index in [1.54, 1.807) is 31.4 Å². The number of nitrogens with zero attached hydrogens (tertiary/aromatic N) is 1. The van der Waals surface area contributed by atoms with Crippen molar-refractivity contribution in [2.75, 3.05) is 12.0 Å². The smallest absolute Gasteiger partial charge is 0.234 e. The summed E-state index contributed by atoms with van der Waals surface area (Å²) in [6, 6.07) is 7.13. The molecular weight excluding hydrogens is 254 g/mol. The summed E-state index contributed by atoms with van der Waals surface area (Å²) < 4.78 is 5.16. The first kappa shape index (κ1) is 13.2. The van der Waals surface area contributed by atoms with Gasteiger partial charge in [-0.05, 0) is 30.4 Å². The molecule has 1 aromatic carbocycles. The first-order chi connectivity index (χ1) is 9.63. The monoisotopic (exact) mass is 273 g/mol. The Kier molecular flexibility index (Phi) is 3.24. The number of piperidine rings is 1. The number of benzene rings is 1. The average molecular weight is 273 g/mol. The Bertz CT molecular complexity index is 526. The number of rotatable bonds is 2. The summed E-state index contributed by atoms with van der Waals surface area (Å²) >= 11 is 0. The Morgan fingerprint density at radius 2 is 1.75 bits per heavy atom. The normalized spacial score (nSPS) is 21.6. The molecule has 2 amide bonds. The fourth-order valence-electron chi connectivity index (χ4n) is 3.52. The van der Waals surface area contributed by atoms with Crippen molar-refractivity contribution in [3.63, 3.8) is 0 Å². The molecule has 106 valence electrons. The van der Waals surface area contributed by atoms with Crippen molar-refractivity contribution >= 4 is 17.5 Å². The van der Waals surface area contributed by atoms with Crippen LogP contribution in [0, 0.1) is 5.41 Å². The number of methoxy groups -OCH3 is 1. The van der Waals surface area contributed by atoms with E-state index in [-0.39, 0.29) is 17.2 Å². The van der Waals surface area contributed by atoms with E-state index in [0.717, 1.165) is 25.7 Å². The summed E-state index contributed by atoms with van der Waals surface area (Å²) in [5.41, 5.74) is 0.566. The molecule has 1 saturated heterocycles. The highest BCUT2D eigenvalue weighted by molar-refractivity contribution is 6.17. The van der Waals surface area contributed by atoms with Crippen LogP contribution in [-0.4, -0.2) is 18.9 Å². The molecular formula is C16H19NO3. The van der Waals surface area contributed by atoms with Gasteiger partial charge in [0.25, 0.3) is 0 Å². The van der Waals surface area contributed by atoms with Gasteiger partial charge >= 0.3 is 0 Å². The third kappa shape index (κ3) is 2.19. The molecule has 20 heavy (non-hydrogen) atoms. The van der Waals surface area contributed by atoms with Crippen LogP contribution in [0.3, 0.4) is 0 Å². The van der Waals surface area contributed by atoms with Crippen LogP contribution in [0.5, 0.6) is 5.75 Å². The van der Waals surface area contributed by atoms with E-state index in [2.05, 4.69) is 0 Å². The van der Waals surface area contributed by atoms with Gasteiger partial charge in [-0.3, -0.25) is 14.5 Å². The molecule has 1 aromatic rings. The standard InChI is InChI=1S/C16H19NO3/c1-20-13-6-4-5-12(9-13)17-14(18)10-16(11-15(17)19)7-2-3-8-16/h4-6,9H,2-3,7-8,10-11H2,1H3. The lowest BCUT2D eigenvalue weighted by atomic mass is 9.76. The predicted molar refractivity (Wildman–Crippen MR) is 75.6 cm³/mol. The Morgan fingerprint density at radius 3 is 2.35 bits per heavy atom. The van der Waals surface area contributed by atoms with E-state index in [9.17, 15) is 9.59 Å². The molecule has 0 radical (unpaired) electrons. The minimum Gasteiger partial charge on any atom is -0.497 e. The number of anilines is 1. The van der Waals surface area contributed by atoms with Gasteiger partial charge in [0.2, 0.25) is 11.8 Å². The number of carbonyl (C=O) groups excluding carboxylic acids is 2. The van der Waals surface area contributed by atoms with E-state index >= 15 is 0 Å². The van der Waals surface area contributed by atoms with E-state index in [1.165, 1.54) is 4.90 Å². The SMILES string of the molecule is COc1cccc(N2C(=O)CC3(CCCC3)CC2=O)c1. The zero-order valence-corrected chi connectivity index (χ0v) is 11.7. The van der Waals surface area contributed by atoms with Crippen molar-refractivity contribution in [3.8, 4) is 5.75 Å². The minimum atomic E-state index is -0.0728. The maximum Gasteiger partial charge on any atom is 0.234 e. The number of amides is 2. The Labute approximate surface area is 118 Å². The van der Waals surface area contributed by atoms with Gasteiger partial charge in [-0.1, -0.05) is 18.9 Å². The Hall–Kier alpha value is -1.84. The average Bonchev–Trinajstić information content (AvgIpc) is 2.86. The molecule has 0 bridgehead atoms. The largest absolute Gasteiger partial charge is 0.497 e. The summed E-state index contributed by atoms with van der Waals surface area (Å²) in [7, 11) is 1.58. The molecule has 0 unspecified atom stereocenters. The topological polar surface area (TPSA) is 46.6 Å². The molecule has 0 N–H and O–H groups in total. The maximum atomic E-state index is 12.4. The van der Waals surface area contributed by atoms with Gasteiger partial charge in [-0.2, -0.15) is 0 Å². The van der Waals surface area contributed by atoms with Crippen molar-refractivity contribution in [2.45, 2.75) is 38.5 Å². The lowest BCUT2D eigenvalue weighted by Crippen LogP contribution is -2.47. The number of ether oxygens (including phenoxy) is 1. The summed E-state index contributed by atoms with van der Waals surface area (Å²) in [6.45, 7) is 0. The summed E-state index contributed by atoms with van der Waals surface area (Å²) in [4.78, 5) is 26.2. The van der Waals surface area contributed by atoms with Crippen LogP contribution >= 0.6 is 0 Å². The van der Waals surface area contributed by atoms with E-state index in [1.807, 2.05) is 0 Å². The van der Waals surface area contributed by atoms with Gasteiger partial charge in [-0.15, -0.1) is 0 Å². The Morgan fingerprint density at radius 1 is 1.10 bits per heavy atom. The first-order valence-corrected chi connectivity index (χ1v) is 7.13. The second kappa shape index (κ2) is 4.93. The predicted octanol–water partition coefficient (Wildman–Crippen LogP) is 2.91. The van der Waals surface area contributed by atoms with Gasteiger partial charge < -0.3 is 4.74 Å².